The molecule has 1 heterocycles. The average Bonchev–Trinajstić information content (AvgIpc) is 2.47. The highest BCUT2D eigenvalue weighted by Crippen LogP contribution is 2.22. The van der Waals surface area contributed by atoms with Crippen LogP contribution in [0.2, 0.25) is 0 Å². The van der Waals surface area contributed by atoms with Crippen molar-refractivity contribution in [2.24, 2.45) is 0 Å². The Labute approximate surface area is 123 Å². The molecule has 2 atom stereocenters. The Morgan fingerprint density at radius 2 is 2.00 bits per heavy atom. The quantitative estimate of drug-likeness (QED) is 0.895. The Hall–Kier alpha value is -0.900. The van der Waals surface area contributed by atoms with Crippen molar-refractivity contribution < 1.29 is 4.74 Å². The minimum atomic E-state index is -0.0349. The van der Waals surface area contributed by atoms with Gasteiger partial charge in [0, 0.05) is 38.8 Å². The van der Waals surface area contributed by atoms with Gasteiger partial charge in [-0.2, -0.15) is 0 Å². The number of nitrogens with one attached hydrogen (secondary N) is 1. The van der Waals surface area contributed by atoms with Crippen LogP contribution >= 0.6 is 0 Å². The SMILES string of the molecule is COC(C)(C)CCN1CC(c2ccccc2)NCC1C. The molecule has 3 nitrogen and oxygen atoms in total. The molecule has 3 heteroatoms. The van der Waals surface area contributed by atoms with Crippen LogP contribution in [0.5, 0.6) is 0 Å². The van der Waals surface area contributed by atoms with Crippen molar-refractivity contribution in [2.75, 3.05) is 26.7 Å². The Morgan fingerprint density at radius 3 is 2.65 bits per heavy atom. The van der Waals surface area contributed by atoms with E-state index in [-0.39, 0.29) is 5.60 Å². The van der Waals surface area contributed by atoms with Crippen LogP contribution in [0.4, 0.5) is 0 Å². The van der Waals surface area contributed by atoms with Crippen molar-refractivity contribution in [1.82, 2.24) is 10.2 Å². The lowest BCUT2D eigenvalue weighted by molar-refractivity contribution is 0.000804. The van der Waals surface area contributed by atoms with Gasteiger partial charge in [0.2, 0.25) is 0 Å². The fraction of sp³-hybridized carbons (Fsp3) is 0.647. The number of nitrogens with zero attached hydrogens (tertiary/aromatic N) is 1. The van der Waals surface area contributed by atoms with E-state index in [2.05, 4.69) is 61.3 Å². The molecule has 1 aromatic carbocycles. The van der Waals surface area contributed by atoms with E-state index in [4.69, 9.17) is 4.74 Å². The van der Waals surface area contributed by atoms with Crippen LogP contribution in [0, 0.1) is 0 Å². The van der Waals surface area contributed by atoms with Crippen LogP contribution in [-0.4, -0.2) is 43.3 Å². The first kappa shape index (κ1) is 15.5. The minimum Gasteiger partial charge on any atom is -0.379 e. The van der Waals surface area contributed by atoms with E-state index in [0.29, 0.717) is 12.1 Å². The molecule has 1 aromatic rings. The summed E-state index contributed by atoms with van der Waals surface area (Å²) in [7, 11) is 1.80. The smallest absolute Gasteiger partial charge is 0.0634 e. The van der Waals surface area contributed by atoms with E-state index < -0.39 is 0 Å². The summed E-state index contributed by atoms with van der Waals surface area (Å²) in [5.74, 6) is 0. The molecule has 0 aliphatic carbocycles. The summed E-state index contributed by atoms with van der Waals surface area (Å²) in [5.41, 5.74) is 1.35. The monoisotopic (exact) mass is 276 g/mol. The normalized spacial score (nSPS) is 24.8. The average molecular weight is 276 g/mol. The molecule has 0 saturated carbocycles. The summed E-state index contributed by atoms with van der Waals surface area (Å²) in [6.07, 6.45) is 1.06. The van der Waals surface area contributed by atoms with Crippen LogP contribution in [0.15, 0.2) is 30.3 Å². The summed E-state index contributed by atoms with van der Waals surface area (Å²) in [6.45, 7) is 9.84. The maximum absolute atomic E-state index is 5.53. The summed E-state index contributed by atoms with van der Waals surface area (Å²) in [6, 6.07) is 11.8. The molecule has 1 saturated heterocycles. The second-order valence-electron chi connectivity index (χ2n) is 6.43. The van der Waals surface area contributed by atoms with Crippen molar-refractivity contribution in [3.8, 4) is 0 Å². The first-order valence-corrected chi connectivity index (χ1v) is 7.59. The minimum absolute atomic E-state index is 0.0349. The molecule has 0 aromatic heterocycles. The zero-order chi connectivity index (χ0) is 14.6. The molecule has 112 valence electrons. The predicted octanol–water partition coefficient (Wildman–Crippen LogP) is 2.84. The molecule has 2 rings (SSSR count). The number of ether oxygens (including phenoxy) is 1. The Balaban J connectivity index is 1.95. The van der Waals surface area contributed by atoms with Crippen molar-refractivity contribution in [3.05, 3.63) is 35.9 Å². The first-order chi connectivity index (χ1) is 9.52. The van der Waals surface area contributed by atoms with Crippen molar-refractivity contribution in [1.29, 1.82) is 0 Å². The highest BCUT2D eigenvalue weighted by Gasteiger charge is 2.27. The number of benzene rings is 1. The second kappa shape index (κ2) is 6.70. The summed E-state index contributed by atoms with van der Waals surface area (Å²) >= 11 is 0. The largest absolute Gasteiger partial charge is 0.379 e. The van der Waals surface area contributed by atoms with Gasteiger partial charge in [0.1, 0.15) is 0 Å². The number of hydrogen-bond acceptors (Lipinski definition) is 3. The summed E-state index contributed by atoms with van der Waals surface area (Å²) in [4.78, 5) is 2.58. The molecule has 0 radical (unpaired) electrons. The fourth-order valence-electron chi connectivity index (χ4n) is 2.66. The third-order valence-electron chi connectivity index (χ3n) is 4.46. The lowest BCUT2D eigenvalue weighted by Crippen LogP contribution is -2.52. The van der Waals surface area contributed by atoms with Gasteiger partial charge >= 0.3 is 0 Å². The highest BCUT2D eigenvalue weighted by molar-refractivity contribution is 5.20. The predicted molar refractivity (Wildman–Crippen MR) is 83.9 cm³/mol. The lowest BCUT2D eigenvalue weighted by atomic mass is 10.00. The van der Waals surface area contributed by atoms with Gasteiger partial charge in [-0.1, -0.05) is 30.3 Å². The lowest BCUT2D eigenvalue weighted by Gasteiger charge is -2.40. The third kappa shape index (κ3) is 4.05. The van der Waals surface area contributed by atoms with Gasteiger partial charge < -0.3 is 10.1 Å². The molecule has 20 heavy (non-hydrogen) atoms. The molecule has 1 aliphatic rings. The van der Waals surface area contributed by atoms with Crippen LogP contribution in [0.1, 0.15) is 38.8 Å². The number of piperazine rings is 1. The van der Waals surface area contributed by atoms with Crippen molar-refractivity contribution in [3.63, 3.8) is 0 Å². The van der Waals surface area contributed by atoms with Gasteiger partial charge in [0.05, 0.1) is 5.60 Å². The van der Waals surface area contributed by atoms with Gasteiger partial charge in [-0.15, -0.1) is 0 Å². The molecule has 1 N–H and O–H groups in total. The first-order valence-electron chi connectivity index (χ1n) is 7.59. The Kier molecular flexibility index (Phi) is 5.19. The van der Waals surface area contributed by atoms with Gasteiger partial charge in [-0.3, -0.25) is 4.90 Å². The molecule has 0 bridgehead atoms. The topological polar surface area (TPSA) is 24.5 Å². The van der Waals surface area contributed by atoms with Crippen LogP contribution in [0.25, 0.3) is 0 Å². The van der Waals surface area contributed by atoms with Crippen LogP contribution < -0.4 is 5.32 Å². The highest BCUT2D eigenvalue weighted by atomic mass is 16.5. The molecule has 2 unspecified atom stereocenters. The molecular formula is C17H28N2O. The zero-order valence-electron chi connectivity index (χ0n) is 13.2. The van der Waals surface area contributed by atoms with E-state index in [1.807, 2.05) is 0 Å². The number of rotatable bonds is 5. The van der Waals surface area contributed by atoms with Gasteiger partial charge in [0.25, 0.3) is 0 Å². The Bertz CT molecular complexity index is 405. The van der Waals surface area contributed by atoms with E-state index in [1.54, 1.807) is 7.11 Å². The second-order valence-corrected chi connectivity index (χ2v) is 6.43. The van der Waals surface area contributed by atoms with Gasteiger partial charge in [0.15, 0.2) is 0 Å². The molecule has 1 aliphatic heterocycles. The standard InChI is InChI=1S/C17H28N2O/c1-14-12-18-16(15-8-6-5-7-9-15)13-19(14)11-10-17(2,3)20-4/h5-9,14,16,18H,10-13H2,1-4H3. The zero-order valence-corrected chi connectivity index (χ0v) is 13.2. The van der Waals surface area contributed by atoms with E-state index in [0.717, 1.165) is 26.1 Å². The van der Waals surface area contributed by atoms with Crippen LogP contribution in [0.3, 0.4) is 0 Å². The van der Waals surface area contributed by atoms with E-state index in [9.17, 15) is 0 Å². The maximum Gasteiger partial charge on any atom is 0.0634 e. The maximum atomic E-state index is 5.53. The number of hydrogen-bond donors (Lipinski definition) is 1. The van der Waals surface area contributed by atoms with Crippen LogP contribution in [-0.2, 0) is 4.74 Å². The van der Waals surface area contributed by atoms with E-state index >= 15 is 0 Å². The summed E-state index contributed by atoms with van der Waals surface area (Å²) < 4.78 is 5.53. The fourth-order valence-corrected chi connectivity index (χ4v) is 2.66. The number of methoxy groups -OCH3 is 1. The van der Waals surface area contributed by atoms with Gasteiger partial charge in [-0.05, 0) is 32.8 Å². The van der Waals surface area contributed by atoms with Crippen molar-refractivity contribution >= 4 is 0 Å². The molecule has 0 spiro atoms. The molecule has 0 amide bonds. The van der Waals surface area contributed by atoms with Gasteiger partial charge in [-0.25, -0.2) is 0 Å². The third-order valence-corrected chi connectivity index (χ3v) is 4.46. The Morgan fingerprint density at radius 1 is 1.30 bits per heavy atom. The molecule has 1 fully saturated rings. The van der Waals surface area contributed by atoms with E-state index in [1.165, 1.54) is 5.56 Å². The van der Waals surface area contributed by atoms with Crippen molar-refractivity contribution in [2.45, 2.75) is 44.9 Å². The summed E-state index contributed by atoms with van der Waals surface area (Å²) in [5, 5.41) is 3.65. The molecular weight excluding hydrogens is 248 g/mol.